The molecule has 2 aromatic rings. The number of carbonyl (C=O) groups is 1. The number of halogens is 1. The molecule has 0 aliphatic carbocycles. The smallest absolute Gasteiger partial charge is 0.242 e. The van der Waals surface area contributed by atoms with E-state index in [2.05, 4.69) is 38.5 Å². The van der Waals surface area contributed by atoms with Crippen LogP contribution < -0.4 is 16.0 Å². The minimum absolute atomic E-state index is 0. The monoisotopic (exact) mass is 472 g/mol. The molecule has 0 unspecified atom stereocenters. The van der Waals surface area contributed by atoms with Crippen LogP contribution in [0.1, 0.15) is 17.4 Å². The van der Waals surface area contributed by atoms with Crippen molar-refractivity contribution >= 4 is 47.2 Å². The van der Waals surface area contributed by atoms with Gasteiger partial charge in [-0.25, -0.2) is 4.99 Å². The Labute approximate surface area is 170 Å². The van der Waals surface area contributed by atoms with Crippen LogP contribution in [-0.2, 0) is 17.8 Å². The topological polar surface area (TPSA) is 65.5 Å². The number of hydrogen-bond acceptors (Lipinski definition) is 3. The van der Waals surface area contributed by atoms with Gasteiger partial charge in [-0.05, 0) is 30.4 Å². The molecule has 1 heterocycles. The number of carbonyl (C=O) groups excluding carboxylic acids is 1. The largest absolute Gasteiger partial charge is 0.357 e. The molecule has 2 rings (SSSR count). The van der Waals surface area contributed by atoms with Crippen LogP contribution in [0, 0.1) is 0 Å². The van der Waals surface area contributed by atoms with E-state index >= 15 is 0 Å². The maximum atomic E-state index is 11.9. The molecule has 25 heavy (non-hydrogen) atoms. The zero-order valence-electron chi connectivity index (χ0n) is 14.3. The summed E-state index contributed by atoms with van der Waals surface area (Å²) in [7, 11) is 0. The molecule has 0 aliphatic heterocycles. The number of amides is 1. The van der Waals surface area contributed by atoms with Gasteiger partial charge in [-0.1, -0.05) is 36.4 Å². The minimum Gasteiger partial charge on any atom is -0.357 e. The molecule has 1 aromatic heterocycles. The quantitative estimate of drug-likeness (QED) is 0.315. The SMILES string of the molecule is CCNC(=NCC(=O)NCc1ccccc1)NCCc1cccs1.I. The van der Waals surface area contributed by atoms with Crippen LogP contribution in [0.4, 0.5) is 0 Å². The maximum Gasteiger partial charge on any atom is 0.242 e. The van der Waals surface area contributed by atoms with Gasteiger partial charge in [0.15, 0.2) is 5.96 Å². The molecule has 0 spiro atoms. The molecule has 3 N–H and O–H groups in total. The summed E-state index contributed by atoms with van der Waals surface area (Å²) in [5.41, 5.74) is 1.08. The van der Waals surface area contributed by atoms with Crippen molar-refractivity contribution in [1.82, 2.24) is 16.0 Å². The summed E-state index contributed by atoms with van der Waals surface area (Å²) in [5, 5.41) is 11.4. The van der Waals surface area contributed by atoms with Gasteiger partial charge in [0.05, 0.1) is 0 Å². The molecular formula is C18H25IN4OS. The molecule has 136 valence electrons. The fraction of sp³-hybridized carbons (Fsp3) is 0.333. The first-order valence-corrected chi connectivity index (χ1v) is 9.01. The summed E-state index contributed by atoms with van der Waals surface area (Å²) in [4.78, 5) is 17.6. The third-order valence-corrected chi connectivity index (χ3v) is 4.24. The predicted octanol–water partition coefficient (Wildman–Crippen LogP) is 2.78. The van der Waals surface area contributed by atoms with Crippen LogP contribution in [0.3, 0.4) is 0 Å². The third kappa shape index (κ3) is 8.87. The Morgan fingerprint density at radius 2 is 1.88 bits per heavy atom. The number of aliphatic imine (C=N–C) groups is 1. The van der Waals surface area contributed by atoms with E-state index in [1.807, 2.05) is 37.3 Å². The fourth-order valence-corrected chi connectivity index (χ4v) is 2.81. The average molecular weight is 472 g/mol. The predicted molar refractivity (Wildman–Crippen MR) is 116 cm³/mol. The van der Waals surface area contributed by atoms with Crippen LogP contribution in [0.25, 0.3) is 0 Å². The number of thiophene rings is 1. The highest BCUT2D eigenvalue weighted by Gasteiger charge is 2.02. The summed E-state index contributed by atoms with van der Waals surface area (Å²) in [5.74, 6) is 0.582. The first kappa shape index (κ1) is 21.4. The van der Waals surface area contributed by atoms with E-state index in [1.54, 1.807) is 11.3 Å². The summed E-state index contributed by atoms with van der Waals surface area (Å²) in [6.07, 6.45) is 0.947. The van der Waals surface area contributed by atoms with Gasteiger partial charge in [-0.3, -0.25) is 4.79 Å². The van der Waals surface area contributed by atoms with Gasteiger partial charge < -0.3 is 16.0 Å². The number of benzene rings is 1. The summed E-state index contributed by atoms with van der Waals surface area (Å²) >= 11 is 1.75. The van der Waals surface area contributed by atoms with Gasteiger partial charge in [0.25, 0.3) is 0 Å². The normalized spacial score (nSPS) is 10.7. The Hall–Kier alpha value is -1.61. The summed E-state index contributed by atoms with van der Waals surface area (Å²) in [6.45, 7) is 4.19. The number of nitrogens with zero attached hydrogens (tertiary/aromatic N) is 1. The van der Waals surface area contributed by atoms with Crippen molar-refractivity contribution in [1.29, 1.82) is 0 Å². The second-order valence-corrected chi connectivity index (χ2v) is 6.25. The Bertz CT molecular complexity index is 632. The molecular weight excluding hydrogens is 447 g/mol. The molecule has 0 atom stereocenters. The lowest BCUT2D eigenvalue weighted by atomic mass is 10.2. The van der Waals surface area contributed by atoms with Gasteiger partial charge >= 0.3 is 0 Å². The minimum atomic E-state index is -0.0886. The van der Waals surface area contributed by atoms with Crippen LogP contribution in [0.15, 0.2) is 52.8 Å². The molecule has 0 aliphatic rings. The lowest BCUT2D eigenvalue weighted by molar-refractivity contribution is -0.119. The van der Waals surface area contributed by atoms with E-state index in [0.29, 0.717) is 12.5 Å². The van der Waals surface area contributed by atoms with Crippen molar-refractivity contribution < 1.29 is 4.79 Å². The lowest BCUT2D eigenvalue weighted by Crippen LogP contribution is -2.39. The molecule has 0 radical (unpaired) electrons. The second kappa shape index (κ2) is 12.7. The highest BCUT2D eigenvalue weighted by atomic mass is 127. The van der Waals surface area contributed by atoms with Crippen molar-refractivity contribution in [2.24, 2.45) is 4.99 Å². The van der Waals surface area contributed by atoms with E-state index in [0.717, 1.165) is 25.1 Å². The van der Waals surface area contributed by atoms with Crippen molar-refractivity contribution in [2.45, 2.75) is 19.9 Å². The molecule has 0 fully saturated rings. The second-order valence-electron chi connectivity index (χ2n) is 5.21. The zero-order chi connectivity index (χ0) is 17.0. The summed E-state index contributed by atoms with van der Waals surface area (Å²) in [6, 6.07) is 14.0. The van der Waals surface area contributed by atoms with Gasteiger partial charge in [0.2, 0.25) is 5.91 Å². The van der Waals surface area contributed by atoms with Crippen LogP contribution in [0.5, 0.6) is 0 Å². The summed E-state index contributed by atoms with van der Waals surface area (Å²) < 4.78 is 0. The molecule has 5 nitrogen and oxygen atoms in total. The maximum absolute atomic E-state index is 11.9. The van der Waals surface area contributed by atoms with Gasteiger partial charge in [0.1, 0.15) is 6.54 Å². The fourth-order valence-electron chi connectivity index (χ4n) is 2.10. The molecule has 7 heteroatoms. The van der Waals surface area contributed by atoms with Crippen molar-refractivity contribution in [3.8, 4) is 0 Å². The Morgan fingerprint density at radius 3 is 2.56 bits per heavy atom. The number of hydrogen-bond donors (Lipinski definition) is 3. The average Bonchev–Trinajstić information content (AvgIpc) is 3.12. The van der Waals surface area contributed by atoms with Gasteiger partial charge in [-0.15, -0.1) is 35.3 Å². The van der Waals surface area contributed by atoms with E-state index in [-0.39, 0.29) is 36.4 Å². The number of nitrogens with one attached hydrogen (secondary N) is 3. The van der Waals surface area contributed by atoms with Crippen molar-refractivity contribution in [3.63, 3.8) is 0 Å². The molecule has 0 saturated carbocycles. The highest BCUT2D eigenvalue weighted by Crippen LogP contribution is 2.07. The van der Waals surface area contributed by atoms with Gasteiger partial charge in [0, 0.05) is 24.5 Å². The first-order valence-electron chi connectivity index (χ1n) is 8.13. The van der Waals surface area contributed by atoms with E-state index < -0.39 is 0 Å². The molecule has 0 bridgehead atoms. The van der Waals surface area contributed by atoms with E-state index in [9.17, 15) is 4.79 Å². The van der Waals surface area contributed by atoms with Crippen molar-refractivity contribution in [2.75, 3.05) is 19.6 Å². The molecule has 1 amide bonds. The van der Waals surface area contributed by atoms with Crippen LogP contribution >= 0.6 is 35.3 Å². The Morgan fingerprint density at radius 1 is 1.08 bits per heavy atom. The number of rotatable bonds is 8. The van der Waals surface area contributed by atoms with E-state index in [1.165, 1.54) is 4.88 Å². The van der Waals surface area contributed by atoms with Crippen LogP contribution in [0.2, 0.25) is 0 Å². The Balaban J connectivity index is 0.00000312. The Kier molecular flexibility index (Phi) is 10.9. The molecule has 0 saturated heterocycles. The van der Waals surface area contributed by atoms with E-state index in [4.69, 9.17) is 0 Å². The highest BCUT2D eigenvalue weighted by molar-refractivity contribution is 14.0. The van der Waals surface area contributed by atoms with Gasteiger partial charge in [-0.2, -0.15) is 0 Å². The standard InChI is InChI=1S/C18H24N4OS.HI/c1-2-19-18(20-11-10-16-9-6-12-24-16)22-14-17(23)21-13-15-7-4-3-5-8-15;/h3-9,12H,2,10-11,13-14H2,1H3,(H,21,23)(H2,19,20,22);1H. The first-order chi connectivity index (χ1) is 11.8. The third-order valence-electron chi connectivity index (χ3n) is 3.30. The van der Waals surface area contributed by atoms with Crippen LogP contribution in [-0.4, -0.2) is 31.5 Å². The molecule has 1 aromatic carbocycles. The van der Waals surface area contributed by atoms with Crippen molar-refractivity contribution in [3.05, 3.63) is 58.3 Å². The number of guanidine groups is 1. The lowest BCUT2D eigenvalue weighted by Gasteiger charge is -2.11. The zero-order valence-corrected chi connectivity index (χ0v) is 17.5.